The van der Waals surface area contributed by atoms with Crippen molar-refractivity contribution < 1.29 is 9.53 Å². The molecule has 1 N–H and O–H groups in total. The average Bonchev–Trinajstić information content (AvgIpc) is 3.36. The molecule has 0 radical (unpaired) electrons. The van der Waals surface area contributed by atoms with E-state index in [0.29, 0.717) is 12.0 Å². The zero-order valence-electron chi connectivity index (χ0n) is 14.5. The second-order valence-corrected chi connectivity index (χ2v) is 7.15. The first-order chi connectivity index (χ1) is 12.3. The number of aromatic nitrogens is 2. The van der Waals surface area contributed by atoms with Crippen LogP contribution in [0.5, 0.6) is 5.75 Å². The lowest BCUT2D eigenvalue weighted by Gasteiger charge is -2.32. The van der Waals surface area contributed by atoms with E-state index < -0.39 is 0 Å². The number of carbonyl (C=O) groups excluding carboxylic acids is 1. The molecule has 1 aromatic carbocycles. The summed E-state index contributed by atoms with van der Waals surface area (Å²) in [5.41, 5.74) is 1.86. The summed E-state index contributed by atoms with van der Waals surface area (Å²) in [6.45, 7) is 1.57. The Bertz CT molecular complexity index is 690. The largest absolute Gasteiger partial charge is 0.490 e. The molecule has 1 saturated heterocycles. The Balaban J connectivity index is 1.39. The minimum atomic E-state index is 0.108. The van der Waals surface area contributed by atoms with Crippen LogP contribution in [0.15, 0.2) is 36.5 Å². The molecule has 2 aromatic rings. The Morgan fingerprint density at radius 3 is 2.60 bits per heavy atom. The molecule has 2 aliphatic rings. The molecule has 1 amide bonds. The first-order valence-corrected chi connectivity index (χ1v) is 9.35. The van der Waals surface area contributed by atoms with Gasteiger partial charge in [0.1, 0.15) is 5.75 Å². The van der Waals surface area contributed by atoms with Gasteiger partial charge in [0.25, 0.3) is 5.91 Å². The maximum Gasteiger partial charge on any atom is 0.253 e. The van der Waals surface area contributed by atoms with Gasteiger partial charge in [0, 0.05) is 36.5 Å². The Morgan fingerprint density at radius 2 is 1.88 bits per heavy atom. The van der Waals surface area contributed by atoms with Crippen LogP contribution in [0, 0.1) is 0 Å². The van der Waals surface area contributed by atoms with Crippen molar-refractivity contribution in [2.24, 2.45) is 0 Å². The van der Waals surface area contributed by atoms with Crippen LogP contribution in [-0.2, 0) is 0 Å². The minimum Gasteiger partial charge on any atom is -0.490 e. The number of hydrogen-bond acceptors (Lipinski definition) is 3. The van der Waals surface area contributed by atoms with E-state index in [-0.39, 0.29) is 5.91 Å². The van der Waals surface area contributed by atoms with Gasteiger partial charge in [0.05, 0.1) is 6.10 Å². The second-order valence-electron chi connectivity index (χ2n) is 7.15. The van der Waals surface area contributed by atoms with Gasteiger partial charge >= 0.3 is 0 Å². The lowest BCUT2D eigenvalue weighted by atomic mass is 9.94. The molecule has 0 spiro atoms. The van der Waals surface area contributed by atoms with Crippen molar-refractivity contribution >= 4 is 5.91 Å². The molecule has 132 valence electrons. The topological polar surface area (TPSA) is 58.2 Å². The molecule has 1 unspecified atom stereocenters. The van der Waals surface area contributed by atoms with Crippen LogP contribution in [0.1, 0.15) is 60.5 Å². The van der Waals surface area contributed by atoms with E-state index in [2.05, 4.69) is 10.2 Å². The van der Waals surface area contributed by atoms with Gasteiger partial charge in [-0.15, -0.1) is 0 Å². The minimum absolute atomic E-state index is 0.108. The SMILES string of the molecule is O=C(c1ccc(OC2CCCC2)cc1)N1CCCC(c2ccn[nH]2)C1. The monoisotopic (exact) mass is 339 g/mol. The van der Waals surface area contributed by atoms with E-state index in [1.165, 1.54) is 12.8 Å². The molecule has 2 heterocycles. The number of hydrogen-bond donors (Lipinski definition) is 1. The summed E-state index contributed by atoms with van der Waals surface area (Å²) in [4.78, 5) is 14.8. The number of ether oxygens (including phenoxy) is 1. The predicted molar refractivity (Wildman–Crippen MR) is 95.8 cm³/mol. The number of nitrogens with zero attached hydrogens (tertiary/aromatic N) is 2. The number of nitrogens with one attached hydrogen (secondary N) is 1. The van der Waals surface area contributed by atoms with Gasteiger partial charge in [0.2, 0.25) is 0 Å². The van der Waals surface area contributed by atoms with Gasteiger partial charge in [-0.05, 0) is 68.9 Å². The van der Waals surface area contributed by atoms with Crippen LogP contribution in [0.25, 0.3) is 0 Å². The van der Waals surface area contributed by atoms with E-state index in [4.69, 9.17) is 4.74 Å². The zero-order chi connectivity index (χ0) is 17.1. The molecule has 2 fully saturated rings. The summed E-state index contributed by atoms with van der Waals surface area (Å²) in [5.74, 6) is 1.33. The van der Waals surface area contributed by atoms with Gasteiger partial charge in [-0.3, -0.25) is 9.89 Å². The summed E-state index contributed by atoms with van der Waals surface area (Å²) < 4.78 is 5.99. The molecular weight excluding hydrogens is 314 g/mol. The number of amides is 1. The Labute approximate surface area is 148 Å². The third-order valence-electron chi connectivity index (χ3n) is 5.38. The van der Waals surface area contributed by atoms with Crippen LogP contribution in [0.3, 0.4) is 0 Å². The molecule has 1 saturated carbocycles. The number of rotatable bonds is 4. The number of carbonyl (C=O) groups is 1. The van der Waals surface area contributed by atoms with Crippen LogP contribution < -0.4 is 4.74 Å². The van der Waals surface area contributed by atoms with Gasteiger partial charge in [0.15, 0.2) is 0 Å². The number of likely N-dealkylation sites (tertiary alicyclic amines) is 1. The maximum absolute atomic E-state index is 12.8. The molecule has 5 nitrogen and oxygen atoms in total. The average molecular weight is 339 g/mol. The molecule has 5 heteroatoms. The third-order valence-corrected chi connectivity index (χ3v) is 5.38. The van der Waals surface area contributed by atoms with Crippen molar-refractivity contribution in [3.05, 3.63) is 47.8 Å². The van der Waals surface area contributed by atoms with Crippen LogP contribution in [0.2, 0.25) is 0 Å². The fourth-order valence-corrected chi connectivity index (χ4v) is 3.97. The van der Waals surface area contributed by atoms with Gasteiger partial charge in [-0.2, -0.15) is 5.10 Å². The summed E-state index contributed by atoms with van der Waals surface area (Å²) >= 11 is 0. The maximum atomic E-state index is 12.8. The zero-order valence-corrected chi connectivity index (χ0v) is 14.5. The van der Waals surface area contributed by atoms with Crippen molar-refractivity contribution in [3.63, 3.8) is 0 Å². The fraction of sp³-hybridized carbons (Fsp3) is 0.500. The molecule has 4 rings (SSSR count). The van der Waals surface area contributed by atoms with Gasteiger partial charge < -0.3 is 9.64 Å². The van der Waals surface area contributed by atoms with Crippen LogP contribution in [-0.4, -0.2) is 40.2 Å². The molecule has 1 atom stereocenters. The standard InChI is InChI=1S/C20H25N3O2/c24-20(23-13-3-4-16(14-23)19-11-12-21-22-19)15-7-9-18(10-8-15)25-17-5-1-2-6-17/h7-12,16-17H,1-6,13-14H2,(H,21,22). The third kappa shape index (κ3) is 3.70. The second kappa shape index (κ2) is 7.30. The summed E-state index contributed by atoms with van der Waals surface area (Å²) in [6.07, 6.45) is 9.05. The first kappa shape index (κ1) is 16.2. The highest BCUT2D eigenvalue weighted by Crippen LogP contribution is 2.27. The van der Waals surface area contributed by atoms with Crippen LogP contribution >= 0.6 is 0 Å². The van der Waals surface area contributed by atoms with E-state index in [1.807, 2.05) is 35.2 Å². The van der Waals surface area contributed by atoms with Crippen molar-refractivity contribution in [2.45, 2.75) is 50.5 Å². The van der Waals surface area contributed by atoms with Gasteiger partial charge in [-0.25, -0.2) is 0 Å². The summed E-state index contributed by atoms with van der Waals surface area (Å²) in [7, 11) is 0. The van der Waals surface area contributed by atoms with Crippen LogP contribution in [0.4, 0.5) is 0 Å². The number of benzene rings is 1. The van der Waals surface area contributed by atoms with E-state index >= 15 is 0 Å². The predicted octanol–water partition coefficient (Wildman–Crippen LogP) is 3.75. The Kier molecular flexibility index (Phi) is 4.72. The lowest BCUT2D eigenvalue weighted by molar-refractivity contribution is 0.0706. The van der Waals surface area contributed by atoms with E-state index in [9.17, 15) is 4.79 Å². The number of H-pyrrole nitrogens is 1. The highest BCUT2D eigenvalue weighted by Gasteiger charge is 2.26. The highest BCUT2D eigenvalue weighted by molar-refractivity contribution is 5.94. The Hall–Kier alpha value is -2.30. The normalized spacial score (nSPS) is 21.4. The molecule has 1 aromatic heterocycles. The van der Waals surface area contributed by atoms with E-state index in [0.717, 1.165) is 55.8 Å². The first-order valence-electron chi connectivity index (χ1n) is 9.35. The summed E-state index contributed by atoms with van der Waals surface area (Å²) in [5, 5.41) is 7.08. The molecule has 25 heavy (non-hydrogen) atoms. The van der Waals surface area contributed by atoms with Crippen molar-refractivity contribution in [1.82, 2.24) is 15.1 Å². The quantitative estimate of drug-likeness (QED) is 0.923. The van der Waals surface area contributed by atoms with Gasteiger partial charge in [-0.1, -0.05) is 0 Å². The molecular formula is C20H25N3O2. The molecule has 1 aliphatic heterocycles. The van der Waals surface area contributed by atoms with Crippen molar-refractivity contribution in [1.29, 1.82) is 0 Å². The lowest BCUT2D eigenvalue weighted by Crippen LogP contribution is -2.39. The molecule has 0 bridgehead atoms. The number of piperidine rings is 1. The number of aromatic amines is 1. The van der Waals surface area contributed by atoms with Crippen molar-refractivity contribution in [2.75, 3.05) is 13.1 Å². The fourth-order valence-electron chi connectivity index (χ4n) is 3.97. The smallest absolute Gasteiger partial charge is 0.253 e. The van der Waals surface area contributed by atoms with Crippen molar-refractivity contribution in [3.8, 4) is 5.75 Å². The highest BCUT2D eigenvalue weighted by atomic mass is 16.5. The molecule has 1 aliphatic carbocycles. The Morgan fingerprint density at radius 1 is 1.08 bits per heavy atom. The summed E-state index contributed by atoms with van der Waals surface area (Å²) in [6, 6.07) is 9.66. The van der Waals surface area contributed by atoms with E-state index in [1.54, 1.807) is 6.20 Å².